The molecule has 1 fully saturated rings. The predicted octanol–water partition coefficient (Wildman–Crippen LogP) is 4.82. The van der Waals surface area contributed by atoms with Gasteiger partial charge in [0.25, 0.3) is 22.5 Å². The van der Waals surface area contributed by atoms with Crippen LogP contribution in [0.5, 0.6) is 11.5 Å². The van der Waals surface area contributed by atoms with E-state index in [2.05, 4.69) is 0 Å². The van der Waals surface area contributed by atoms with Gasteiger partial charge in [0.15, 0.2) is 11.5 Å². The van der Waals surface area contributed by atoms with E-state index in [1.54, 1.807) is 6.07 Å². The van der Waals surface area contributed by atoms with Crippen molar-refractivity contribution >= 4 is 50.5 Å². The summed E-state index contributed by atoms with van der Waals surface area (Å²) in [5.74, 6) is -0.901. The molecule has 1 aliphatic rings. The van der Waals surface area contributed by atoms with Crippen molar-refractivity contribution in [1.29, 1.82) is 0 Å². The maximum Gasteiger partial charge on any atom is 0.339 e. The number of thioether (sulfide) groups is 1. The molecule has 0 aromatic heterocycles. The van der Waals surface area contributed by atoms with E-state index in [0.717, 1.165) is 11.0 Å². The molecule has 1 saturated heterocycles. The van der Waals surface area contributed by atoms with Gasteiger partial charge in [0.1, 0.15) is 4.90 Å². The highest BCUT2D eigenvalue weighted by atomic mass is 32.2. The van der Waals surface area contributed by atoms with Gasteiger partial charge in [0, 0.05) is 23.3 Å². The second kappa shape index (κ2) is 11.2. The van der Waals surface area contributed by atoms with Crippen LogP contribution in [0.25, 0.3) is 6.08 Å². The number of para-hydroxylation sites is 1. The molecule has 0 saturated carbocycles. The van der Waals surface area contributed by atoms with Crippen LogP contribution < -0.4 is 8.92 Å². The lowest BCUT2D eigenvalue weighted by Crippen LogP contribution is -2.27. The van der Waals surface area contributed by atoms with Gasteiger partial charge in [-0.3, -0.25) is 34.7 Å². The van der Waals surface area contributed by atoms with Crippen molar-refractivity contribution in [2.24, 2.45) is 0 Å². The Balaban J connectivity index is 1.57. The Bertz CT molecular complexity index is 1700. The molecule has 4 rings (SSSR count). The summed E-state index contributed by atoms with van der Waals surface area (Å²) < 4.78 is 36.0. The molecule has 3 aromatic rings. The minimum absolute atomic E-state index is 0.0296. The summed E-state index contributed by atoms with van der Waals surface area (Å²) in [7, 11) is -3.21. The Morgan fingerprint density at radius 2 is 1.65 bits per heavy atom. The third kappa shape index (κ3) is 5.79. The highest BCUT2D eigenvalue weighted by Gasteiger charge is 2.36. The van der Waals surface area contributed by atoms with Crippen LogP contribution in [0.4, 0.5) is 16.2 Å². The van der Waals surface area contributed by atoms with Gasteiger partial charge in [-0.25, -0.2) is 0 Å². The van der Waals surface area contributed by atoms with Crippen molar-refractivity contribution in [3.05, 3.63) is 102 Å². The fraction of sp³-hybridized carbons (Fsp3) is 0.120. The van der Waals surface area contributed by atoms with Crippen LogP contribution >= 0.6 is 11.8 Å². The van der Waals surface area contributed by atoms with Crippen molar-refractivity contribution in [2.75, 3.05) is 7.11 Å². The lowest BCUT2D eigenvalue weighted by atomic mass is 10.1. The summed E-state index contributed by atoms with van der Waals surface area (Å²) >= 11 is 0.646. The Labute approximate surface area is 231 Å². The first-order chi connectivity index (χ1) is 18.9. The number of carbonyl (C=O) groups excluding carboxylic acids is 2. The summed E-state index contributed by atoms with van der Waals surface area (Å²) in [4.78, 5) is 47.2. The topological polar surface area (TPSA) is 176 Å². The molecule has 206 valence electrons. The molecule has 1 heterocycles. The van der Waals surface area contributed by atoms with Crippen molar-refractivity contribution in [3.63, 3.8) is 0 Å². The highest BCUT2D eigenvalue weighted by molar-refractivity contribution is 8.18. The Hall–Kier alpha value is -4.76. The molecule has 0 N–H and O–H groups in total. The molecule has 3 aromatic carbocycles. The number of ether oxygens (including phenoxy) is 1. The summed E-state index contributed by atoms with van der Waals surface area (Å²) in [6.07, 6.45) is 1.38. The number of nitrogens with zero attached hydrogens (tertiary/aromatic N) is 3. The van der Waals surface area contributed by atoms with Crippen LogP contribution in [0, 0.1) is 27.2 Å². The van der Waals surface area contributed by atoms with Crippen molar-refractivity contribution in [2.45, 2.75) is 18.4 Å². The number of amides is 2. The Morgan fingerprint density at radius 3 is 2.33 bits per heavy atom. The molecule has 0 bridgehead atoms. The van der Waals surface area contributed by atoms with E-state index < -0.39 is 36.0 Å². The first kappa shape index (κ1) is 28.3. The van der Waals surface area contributed by atoms with Crippen molar-refractivity contribution < 1.29 is 36.8 Å². The third-order valence-corrected chi connectivity index (χ3v) is 7.88. The van der Waals surface area contributed by atoms with E-state index in [9.17, 15) is 38.2 Å². The summed E-state index contributed by atoms with van der Waals surface area (Å²) in [6, 6.07) is 13.2. The lowest BCUT2D eigenvalue weighted by molar-refractivity contribution is -0.385. The quantitative estimate of drug-likeness (QED) is 0.145. The molecule has 0 radical (unpaired) electrons. The van der Waals surface area contributed by atoms with Crippen LogP contribution in [0.2, 0.25) is 0 Å². The zero-order valence-corrected chi connectivity index (χ0v) is 22.4. The zero-order valence-electron chi connectivity index (χ0n) is 20.8. The summed E-state index contributed by atoms with van der Waals surface area (Å²) in [5.41, 5.74) is 0.226. The maximum atomic E-state index is 12.9. The molecule has 0 unspecified atom stereocenters. The second-order valence-electron chi connectivity index (χ2n) is 8.31. The number of imide groups is 1. The number of hydrogen-bond donors (Lipinski definition) is 0. The van der Waals surface area contributed by atoms with Crippen LogP contribution in [-0.2, 0) is 21.5 Å². The van der Waals surface area contributed by atoms with Gasteiger partial charge >= 0.3 is 10.1 Å². The van der Waals surface area contributed by atoms with E-state index in [-0.39, 0.29) is 45.5 Å². The number of rotatable bonds is 9. The first-order valence-electron chi connectivity index (χ1n) is 11.3. The first-order valence-corrected chi connectivity index (χ1v) is 13.5. The Morgan fingerprint density at radius 1 is 0.950 bits per heavy atom. The molecular weight excluding hydrogens is 566 g/mol. The fourth-order valence-corrected chi connectivity index (χ4v) is 5.53. The van der Waals surface area contributed by atoms with Crippen LogP contribution in [0.1, 0.15) is 16.7 Å². The number of nitro groups is 2. The third-order valence-electron chi connectivity index (χ3n) is 5.74. The van der Waals surface area contributed by atoms with Gasteiger partial charge in [-0.05, 0) is 48.5 Å². The monoisotopic (exact) mass is 585 g/mol. The number of carbonyl (C=O) groups is 2. The molecule has 0 atom stereocenters. The molecular formula is C25H19N3O10S2. The second-order valence-corrected chi connectivity index (χ2v) is 10.8. The van der Waals surface area contributed by atoms with Gasteiger partial charge in [-0.1, -0.05) is 30.3 Å². The average Bonchev–Trinajstić information content (AvgIpc) is 3.16. The lowest BCUT2D eigenvalue weighted by Gasteiger charge is -2.13. The molecule has 0 aliphatic carbocycles. The molecule has 40 heavy (non-hydrogen) atoms. The van der Waals surface area contributed by atoms with E-state index in [1.807, 2.05) is 0 Å². The van der Waals surface area contributed by atoms with Gasteiger partial charge in [-0.15, -0.1) is 0 Å². The fourth-order valence-electron chi connectivity index (χ4n) is 3.73. The van der Waals surface area contributed by atoms with Gasteiger partial charge in [-0.2, -0.15) is 8.42 Å². The number of hydrogen-bond acceptors (Lipinski definition) is 11. The standard InChI is InChI=1S/C25H19N3O10S2/c1-15-7-9-18(13-20(15)28(33)34)40(35,36)38-21-10-8-16(11-22(21)37-2)12-23-24(29)26(25(30)39-23)14-17-5-3-4-6-19(17)27(31)32/h3-13H,14H2,1-2H3/b23-12-. The van der Waals surface area contributed by atoms with Gasteiger partial charge in [0.05, 0.1) is 28.4 Å². The molecule has 13 nitrogen and oxygen atoms in total. The number of methoxy groups -OCH3 is 1. The van der Waals surface area contributed by atoms with Gasteiger partial charge in [0.2, 0.25) is 0 Å². The van der Waals surface area contributed by atoms with E-state index in [4.69, 9.17) is 8.92 Å². The van der Waals surface area contributed by atoms with Crippen molar-refractivity contribution in [1.82, 2.24) is 4.90 Å². The predicted molar refractivity (Wildman–Crippen MR) is 143 cm³/mol. The molecule has 0 spiro atoms. The summed E-state index contributed by atoms with van der Waals surface area (Å²) in [6.45, 7) is 1.18. The number of benzene rings is 3. The molecule has 1 aliphatic heterocycles. The maximum absolute atomic E-state index is 12.9. The Kier molecular flexibility index (Phi) is 7.88. The van der Waals surface area contributed by atoms with E-state index in [1.165, 1.54) is 68.6 Å². The number of nitro benzene ring substituents is 2. The smallest absolute Gasteiger partial charge is 0.339 e. The summed E-state index contributed by atoms with van der Waals surface area (Å²) in [5, 5.41) is 21.9. The van der Waals surface area contributed by atoms with Crippen LogP contribution in [0.15, 0.2) is 70.5 Å². The SMILES string of the molecule is COc1cc(/C=C2\SC(=O)N(Cc3ccccc3[N+](=O)[O-])C2=O)ccc1OS(=O)(=O)c1ccc(C)c([N+](=O)[O-])c1. The number of aryl methyl sites for hydroxylation is 1. The minimum Gasteiger partial charge on any atom is -0.493 e. The van der Waals surface area contributed by atoms with Crippen LogP contribution in [0.3, 0.4) is 0 Å². The molecule has 2 amide bonds. The van der Waals surface area contributed by atoms with E-state index in [0.29, 0.717) is 17.3 Å². The largest absolute Gasteiger partial charge is 0.493 e. The molecule has 15 heteroatoms. The zero-order chi connectivity index (χ0) is 29.2. The normalized spacial score (nSPS) is 14.4. The highest BCUT2D eigenvalue weighted by Crippen LogP contribution is 2.37. The average molecular weight is 586 g/mol. The minimum atomic E-state index is -4.47. The van der Waals surface area contributed by atoms with Gasteiger partial charge < -0.3 is 8.92 Å². The van der Waals surface area contributed by atoms with Crippen LogP contribution in [-0.4, -0.2) is 41.4 Å². The van der Waals surface area contributed by atoms with E-state index >= 15 is 0 Å². The van der Waals surface area contributed by atoms with Crippen molar-refractivity contribution in [3.8, 4) is 11.5 Å².